The zero-order chi connectivity index (χ0) is 11.3. The van der Waals surface area contributed by atoms with Crippen LogP contribution in [-0.2, 0) is 11.3 Å². The standard InChI is InChI=1S/C11H18N2OS/c1-3-9(6-12)11(14)13-7-10-8(2)4-5-15-10/h4-5,9H,3,6-7,12H2,1-2H3,(H,13,14). The molecule has 3 N–H and O–H groups in total. The van der Waals surface area contributed by atoms with Crippen LogP contribution in [0, 0.1) is 12.8 Å². The minimum absolute atomic E-state index is 0.0507. The molecular formula is C11H18N2OS. The Hall–Kier alpha value is -0.870. The first-order valence-corrected chi connectivity index (χ1v) is 6.07. The molecule has 0 bridgehead atoms. The van der Waals surface area contributed by atoms with Crippen molar-refractivity contribution in [1.82, 2.24) is 5.32 Å². The van der Waals surface area contributed by atoms with Gasteiger partial charge in [-0.2, -0.15) is 0 Å². The molecule has 15 heavy (non-hydrogen) atoms. The Kier molecular flexibility index (Phi) is 4.78. The summed E-state index contributed by atoms with van der Waals surface area (Å²) >= 11 is 1.67. The summed E-state index contributed by atoms with van der Waals surface area (Å²) in [7, 11) is 0. The molecule has 3 nitrogen and oxygen atoms in total. The molecule has 84 valence electrons. The van der Waals surface area contributed by atoms with Gasteiger partial charge in [-0.05, 0) is 30.4 Å². The number of rotatable bonds is 5. The molecule has 0 aliphatic heterocycles. The van der Waals surface area contributed by atoms with E-state index >= 15 is 0 Å². The Morgan fingerprint density at radius 2 is 2.40 bits per heavy atom. The molecule has 0 aromatic carbocycles. The summed E-state index contributed by atoms with van der Waals surface area (Å²) in [5.41, 5.74) is 6.74. The summed E-state index contributed by atoms with van der Waals surface area (Å²) < 4.78 is 0. The number of amides is 1. The van der Waals surface area contributed by atoms with Crippen LogP contribution < -0.4 is 11.1 Å². The topological polar surface area (TPSA) is 55.1 Å². The average molecular weight is 226 g/mol. The van der Waals surface area contributed by atoms with Crippen molar-refractivity contribution < 1.29 is 4.79 Å². The SMILES string of the molecule is CCC(CN)C(=O)NCc1sccc1C. The molecule has 1 rings (SSSR count). The van der Waals surface area contributed by atoms with Gasteiger partial charge in [0.1, 0.15) is 0 Å². The maximum atomic E-state index is 11.6. The zero-order valence-corrected chi connectivity index (χ0v) is 10.1. The molecule has 1 unspecified atom stereocenters. The lowest BCUT2D eigenvalue weighted by Crippen LogP contribution is -2.34. The largest absolute Gasteiger partial charge is 0.351 e. The Balaban J connectivity index is 2.43. The Bertz CT molecular complexity index is 318. The number of hydrogen-bond donors (Lipinski definition) is 2. The highest BCUT2D eigenvalue weighted by Crippen LogP contribution is 2.15. The van der Waals surface area contributed by atoms with E-state index in [1.165, 1.54) is 10.4 Å². The predicted molar refractivity (Wildman–Crippen MR) is 63.7 cm³/mol. The minimum Gasteiger partial charge on any atom is -0.351 e. The van der Waals surface area contributed by atoms with Gasteiger partial charge < -0.3 is 11.1 Å². The fourth-order valence-corrected chi connectivity index (χ4v) is 2.20. The van der Waals surface area contributed by atoms with E-state index in [9.17, 15) is 4.79 Å². The second-order valence-corrected chi connectivity index (χ2v) is 4.59. The van der Waals surface area contributed by atoms with Crippen molar-refractivity contribution in [3.05, 3.63) is 21.9 Å². The number of carbonyl (C=O) groups is 1. The predicted octanol–water partition coefficient (Wildman–Crippen LogP) is 1.66. The third kappa shape index (κ3) is 3.32. The third-order valence-electron chi connectivity index (χ3n) is 2.54. The van der Waals surface area contributed by atoms with Crippen LogP contribution >= 0.6 is 11.3 Å². The first-order chi connectivity index (χ1) is 7.19. The van der Waals surface area contributed by atoms with Crippen LogP contribution in [0.25, 0.3) is 0 Å². The summed E-state index contributed by atoms with van der Waals surface area (Å²) in [4.78, 5) is 12.8. The quantitative estimate of drug-likeness (QED) is 0.802. The van der Waals surface area contributed by atoms with Crippen molar-refractivity contribution in [2.45, 2.75) is 26.8 Å². The lowest BCUT2D eigenvalue weighted by Gasteiger charge is -2.12. The van der Waals surface area contributed by atoms with E-state index in [1.54, 1.807) is 11.3 Å². The molecule has 1 aromatic heterocycles. The maximum absolute atomic E-state index is 11.6. The number of nitrogens with one attached hydrogen (secondary N) is 1. The number of hydrogen-bond acceptors (Lipinski definition) is 3. The van der Waals surface area contributed by atoms with E-state index in [-0.39, 0.29) is 11.8 Å². The van der Waals surface area contributed by atoms with E-state index in [0.717, 1.165) is 6.42 Å². The van der Waals surface area contributed by atoms with Gasteiger partial charge in [-0.1, -0.05) is 6.92 Å². The first-order valence-electron chi connectivity index (χ1n) is 5.19. The van der Waals surface area contributed by atoms with Crippen LogP contribution in [0.1, 0.15) is 23.8 Å². The molecule has 1 atom stereocenters. The molecule has 1 aromatic rings. The first kappa shape index (κ1) is 12.2. The van der Waals surface area contributed by atoms with E-state index in [4.69, 9.17) is 5.73 Å². The smallest absolute Gasteiger partial charge is 0.224 e. The van der Waals surface area contributed by atoms with E-state index < -0.39 is 0 Å². The molecule has 0 radical (unpaired) electrons. The van der Waals surface area contributed by atoms with Gasteiger partial charge in [0.15, 0.2) is 0 Å². The number of nitrogens with two attached hydrogens (primary N) is 1. The van der Waals surface area contributed by atoms with Crippen LogP contribution in [0.5, 0.6) is 0 Å². The van der Waals surface area contributed by atoms with Gasteiger partial charge in [0, 0.05) is 17.3 Å². The highest BCUT2D eigenvalue weighted by Gasteiger charge is 2.14. The zero-order valence-electron chi connectivity index (χ0n) is 9.25. The fourth-order valence-electron chi connectivity index (χ4n) is 1.36. The van der Waals surface area contributed by atoms with Gasteiger partial charge in [0.2, 0.25) is 5.91 Å². The fraction of sp³-hybridized carbons (Fsp3) is 0.545. The molecule has 1 heterocycles. The number of thiophene rings is 1. The third-order valence-corrected chi connectivity index (χ3v) is 3.56. The van der Waals surface area contributed by atoms with E-state index in [1.807, 2.05) is 12.3 Å². The normalized spacial score (nSPS) is 12.5. The molecule has 1 amide bonds. The number of carbonyl (C=O) groups excluding carboxylic acids is 1. The summed E-state index contributed by atoms with van der Waals surface area (Å²) in [6.45, 7) is 5.08. The molecule has 0 aliphatic carbocycles. The lowest BCUT2D eigenvalue weighted by atomic mass is 10.1. The van der Waals surface area contributed by atoms with Gasteiger partial charge in [-0.25, -0.2) is 0 Å². The van der Waals surface area contributed by atoms with Gasteiger partial charge >= 0.3 is 0 Å². The molecule has 4 heteroatoms. The van der Waals surface area contributed by atoms with Crippen LogP contribution in [0.4, 0.5) is 0 Å². The molecule has 0 fully saturated rings. The minimum atomic E-state index is -0.0507. The van der Waals surface area contributed by atoms with Gasteiger partial charge in [0.25, 0.3) is 0 Å². The van der Waals surface area contributed by atoms with Crippen LogP contribution in [0.3, 0.4) is 0 Å². The van der Waals surface area contributed by atoms with Crippen molar-refractivity contribution in [1.29, 1.82) is 0 Å². The Morgan fingerprint density at radius 3 is 2.87 bits per heavy atom. The molecular weight excluding hydrogens is 208 g/mol. The maximum Gasteiger partial charge on any atom is 0.224 e. The Morgan fingerprint density at radius 1 is 1.67 bits per heavy atom. The monoisotopic (exact) mass is 226 g/mol. The lowest BCUT2D eigenvalue weighted by molar-refractivity contribution is -0.124. The van der Waals surface area contributed by atoms with Crippen molar-refractivity contribution in [2.75, 3.05) is 6.54 Å². The van der Waals surface area contributed by atoms with Gasteiger partial charge in [0.05, 0.1) is 6.54 Å². The summed E-state index contributed by atoms with van der Waals surface area (Å²) in [6.07, 6.45) is 0.797. The van der Waals surface area contributed by atoms with Gasteiger partial charge in [-0.3, -0.25) is 4.79 Å². The molecule has 0 saturated heterocycles. The van der Waals surface area contributed by atoms with Gasteiger partial charge in [-0.15, -0.1) is 11.3 Å². The highest BCUT2D eigenvalue weighted by molar-refractivity contribution is 7.10. The Labute approximate surface area is 94.7 Å². The van der Waals surface area contributed by atoms with Crippen molar-refractivity contribution in [3.8, 4) is 0 Å². The molecule has 0 saturated carbocycles. The van der Waals surface area contributed by atoms with Crippen LogP contribution in [0.15, 0.2) is 11.4 Å². The summed E-state index contributed by atoms with van der Waals surface area (Å²) in [6, 6.07) is 2.06. The van der Waals surface area contributed by atoms with E-state index in [2.05, 4.69) is 18.3 Å². The number of aryl methyl sites for hydroxylation is 1. The average Bonchev–Trinajstić information content (AvgIpc) is 2.63. The molecule has 0 aliphatic rings. The highest BCUT2D eigenvalue weighted by atomic mass is 32.1. The summed E-state index contributed by atoms with van der Waals surface area (Å²) in [5, 5.41) is 4.96. The second-order valence-electron chi connectivity index (χ2n) is 3.59. The van der Waals surface area contributed by atoms with Crippen molar-refractivity contribution in [2.24, 2.45) is 11.7 Å². The molecule has 0 spiro atoms. The second kappa shape index (κ2) is 5.88. The van der Waals surface area contributed by atoms with Crippen molar-refractivity contribution in [3.63, 3.8) is 0 Å². The van der Waals surface area contributed by atoms with Crippen LogP contribution in [0.2, 0.25) is 0 Å². The van der Waals surface area contributed by atoms with Crippen molar-refractivity contribution >= 4 is 17.2 Å². The van der Waals surface area contributed by atoms with Crippen LogP contribution in [-0.4, -0.2) is 12.5 Å². The van der Waals surface area contributed by atoms with E-state index in [0.29, 0.717) is 13.1 Å². The summed E-state index contributed by atoms with van der Waals surface area (Å²) in [5.74, 6) is 0.0121.